The van der Waals surface area contributed by atoms with Gasteiger partial charge in [-0.3, -0.25) is 9.59 Å². The lowest BCUT2D eigenvalue weighted by Crippen LogP contribution is -2.45. The van der Waals surface area contributed by atoms with Crippen molar-refractivity contribution in [1.29, 1.82) is 0 Å². The molecule has 500 valence electrons. The number of hydrogen-bond acceptors (Lipinski definition) is 5. The van der Waals surface area contributed by atoms with Gasteiger partial charge in [0.05, 0.1) is 25.4 Å². The normalized spacial score (nSPS) is 12.8. The molecule has 0 bridgehead atoms. The second-order valence-electron chi connectivity index (χ2n) is 26.3. The molecule has 0 aromatic carbocycles. The Labute approximate surface area is 531 Å². The van der Waals surface area contributed by atoms with Crippen LogP contribution in [0.15, 0.2) is 48.6 Å². The summed E-state index contributed by atoms with van der Waals surface area (Å²) in [6.45, 7) is 4.91. The zero-order valence-electron chi connectivity index (χ0n) is 57.4. The largest absolute Gasteiger partial charge is 0.466 e. The minimum Gasteiger partial charge on any atom is -0.466 e. The SMILES string of the molecule is CCCCC/C=C\C/C=C\CCCCCCCCCC(=O)OCCCCCCCCCCCCCC/C=C\CCCCCCCCCCCCCCCCCCC(=O)NC(CO)C(O)/C=C/CCCCCCCCCCCCCCCCCCC. The minimum absolute atomic E-state index is 0.0105. The number of allylic oxidation sites excluding steroid dienone is 7. The lowest BCUT2D eigenvalue weighted by atomic mass is 10.0. The summed E-state index contributed by atoms with van der Waals surface area (Å²) in [5, 5.41) is 23.3. The molecule has 0 radical (unpaired) electrons. The lowest BCUT2D eigenvalue weighted by molar-refractivity contribution is -0.143. The van der Waals surface area contributed by atoms with E-state index in [1.54, 1.807) is 6.08 Å². The molecule has 6 nitrogen and oxygen atoms in total. The molecule has 0 aliphatic rings. The predicted octanol–water partition coefficient (Wildman–Crippen LogP) is 25.2. The Morgan fingerprint density at radius 1 is 0.329 bits per heavy atom. The van der Waals surface area contributed by atoms with Gasteiger partial charge in [-0.2, -0.15) is 0 Å². The summed E-state index contributed by atoms with van der Waals surface area (Å²) in [6.07, 6.45) is 97.9. The molecule has 0 aromatic rings. The number of hydrogen-bond donors (Lipinski definition) is 3. The zero-order chi connectivity index (χ0) is 61.3. The highest BCUT2D eigenvalue weighted by molar-refractivity contribution is 5.76. The van der Waals surface area contributed by atoms with Crippen molar-refractivity contribution < 1.29 is 24.5 Å². The van der Waals surface area contributed by atoms with E-state index in [0.29, 0.717) is 19.4 Å². The highest BCUT2D eigenvalue weighted by Crippen LogP contribution is 2.19. The fourth-order valence-corrected chi connectivity index (χ4v) is 12.0. The number of amides is 1. The topological polar surface area (TPSA) is 95.9 Å². The van der Waals surface area contributed by atoms with Crippen LogP contribution < -0.4 is 5.32 Å². The van der Waals surface area contributed by atoms with E-state index in [1.165, 1.54) is 340 Å². The highest BCUT2D eigenvalue weighted by atomic mass is 16.5. The average molecular weight is 1190 g/mol. The number of rotatable bonds is 72. The Hall–Kier alpha value is -2.18. The Balaban J connectivity index is 3.37. The van der Waals surface area contributed by atoms with Crippen LogP contribution in [0, 0.1) is 0 Å². The van der Waals surface area contributed by atoms with Crippen molar-refractivity contribution in [2.75, 3.05) is 13.2 Å². The summed E-state index contributed by atoms with van der Waals surface area (Å²) in [6, 6.07) is -0.627. The number of aliphatic hydroxyl groups excluding tert-OH is 2. The Morgan fingerprint density at radius 2 is 0.588 bits per heavy atom. The highest BCUT2D eigenvalue weighted by Gasteiger charge is 2.18. The molecule has 2 unspecified atom stereocenters. The number of esters is 1. The van der Waals surface area contributed by atoms with Crippen molar-refractivity contribution in [3.05, 3.63) is 48.6 Å². The summed E-state index contributed by atoms with van der Waals surface area (Å²) < 4.78 is 5.50. The molecule has 0 heterocycles. The number of carbonyl (C=O) groups excluding carboxylic acids is 2. The Kier molecular flexibility index (Phi) is 72.4. The summed E-state index contributed by atoms with van der Waals surface area (Å²) in [4.78, 5) is 24.6. The molecule has 0 spiro atoms. The minimum atomic E-state index is -0.844. The van der Waals surface area contributed by atoms with E-state index >= 15 is 0 Å². The molecule has 0 fully saturated rings. The van der Waals surface area contributed by atoms with E-state index in [1.807, 2.05) is 6.08 Å². The van der Waals surface area contributed by atoms with Crippen LogP contribution in [0.1, 0.15) is 418 Å². The predicted molar refractivity (Wildman–Crippen MR) is 375 cm³/mol. The van der Waals surface area contributed by atoms with Crippen LogP contribution >= 0.6 is 0 Å². The van der Waals surface area contributed by atoms with Crippen LogP contribution in [0.25, 0.3) is 0 Å². The van der Waals surface area contributed by atoms with Crippen LogP contribution in [0.3, 0.4) is 0 Å². The van der Waals surface area contributed by atoms with Gasteiger partial charge in [0.1, 0.15) is 0 Å². The van der Waals surface area contributed by atoms with Crippen LogP contribution in [0.2, 0.25) is 0 Å². The zero-order valence-corrected chi connectivity index (χ0v) is 57.4. The summed E-state index contributed by atoms with van der Waals surface area (Å²) in [5.41, 5.74) is 0. The first-order valence-corrected chi connectivity index (χ1v) is 38.4. The van der Waals surface area contributed by atoms with Crippen molar-refractivity contribution >= 4 is 11.9 Å². The third-order valence-corrected chi connectivity index (χ3v) is 17.8. The smallest absolute Gasteiger partial charge is 0.305 e. The molecule has 0 aromatic heterocycles. The number of nitrogens with one attached hydrogen (secondary N) is 1. The fraction of sp³-hybridized carbons (Fsp3) is 0.873. The van der Waals surface area contributed by atoms with Crippen LogP contribution in [0.4, 0.5) is 0 Å². The average Bonchev–Trinajstić information content (AvgIpc) is 3.51. The van der Waals surface area contributed by atoms with Gasteiger partial charge in [-0.25, -0.2) is 0 Å². The van der Waals surface area contributed by atoms with Gasteiger partial charge in [-0.1, -0.05) is 364 Å². The standard InChI is InChI=1S/C79H149NO5/c1-3-5-7-9-11-13-15-17-19-21-36-40-43-47-51-55-59-63-67-71-77(82)76(75-81)80-78(83)72-68-64-60-56-52-48-44-41-37-34-32-30-28-26-24-22-23-25-27-29-31-33-35-38-42-46-50-54-58-62-66-70-74-85-79(84)73-69-65-61-57-53-49-45-39-20-18-16-14-12-10-8-6-4-2/h12,14,18,20,25,27,67,71,76-77,81-82H,3-11,13,15-17,19,21-24,26,28-66,68-70,72-75H2,1-2H3,(H,80,83)/b14-12-,20-18-,27-25-,71-67+. The first-order valence-electron chi connectivity index (χ1n) is 38.4. The maximum absolute atomic E-state index is 12.5. The van der Waals surface area contributed by atoms with E-state index in [2.05, 4.69) is 55.6 Å². The van der Waals surface area contributed by atoms with Crippen molar-refractivity contribution in [2.45, 2.75) is 431 Å². The van der Waals surface area contributed by atoms with E-state index in [0.717, 1.165) is 51.4 Å². The summed E-state index contributed by atoms with van der Waals surface area (Å²) in [7, 11) is 0. The molecule has 85 heavy (non-hydrogen) atoms. The molecule has 0 aliphatic heterocycles. The number of aliphatic hydroxyl groups is 2. The van der Waals surface area contributed by atoms with Gasteiger partial charge in [0.25, 0.3) is 0 Å². The third kappa shape index (κ3) is 70.8. The molecule has 0 aliphatic carbocycles. The fourth-order valence-electron chi connectivity index (χ4n) is 12.0. The number of ether oxygens (including phenoxy) is 1. The quantitative estimate of drug-likeness (QED) is 0.0320. The van der Waals surface area contributed by atoms with E-state index in [4.69, 9.17) is 4.74 Å². The molecule has 0 saturated carbocycles. The molecular formula is C79H149NO5. The van der Waals surface area contributed by atoms with E-state index in [-0.39, 0.29) is 18.5 Å². The van der Waals surface area contributed by atoms with Gasteiger partial charge >= 0.3 is 5.97 Å². The van der Waals surface area contributed by atoms with E-state index in [9.17, 15) is 19.8 Å². The van der Waals surface area contributed by atoms with Gasteiger partial charge in [-0.05, 0) is 89.9 Å². The molecule has 3 N–H and O–H groups in total. The molecule has 1 amide bonds. The second kappa shape index (κ2) is 74.3. The van der Waals surface area contributed by atoms with Crippen LogP contribution in [-0.4, -0.2) is 47.4 Å². The Morgan fingerprint density at radius 3 is 0.929 bits per heavy atom. The third-order valence-electron chi connectivity index (χ3n) is 17.8. The van der Waals surface area contributed by atoms with Crippen LogP contribution in [-0.2, 0) is 14.3 Å². The van der Waals surface area contributed by atoms with Crippen molar-refractivity contribution in [2.24, 2.45) is 0 Å². The summed E-state index contributed by atoms with van der Waals surface area (Å²) >= 11 is 0. The van der Waals surface area contributed by atoms with Crippen LogP contribution in [0.5, 0.6) is 0 Å². The van der Waals surface area contributed by atoms with Gasteiger partial charge in [0.2, 0.25) is 5.91 Å². The van der Waals surface area contributed by atoms with E-state index < -0.39 is 12.1 Å². The summed E-state index contributed by atoms with van der Waals surface area (Å²) in [5.74, 6) is -0.0514. The number of carbonyl (C=O) groups is 2. The second-order valence-corrected chi connectivity index (χ2v) is 26.3. The molecule has 0 rings (SSSR count). The van der Waals surface area contributed by atoms with Gasteiger partial charge < -0.3 is 20.3 Å². The van der Waals surface area contributed by atoms with Crippen molar-refractivity contribution in [3.63, 3.8) is 0 Å². The lowest BCUT2D eigenvalue weighted by Gasteiger charge is -2.20. The van der Waals surface area contributed by atoms with Crippen molar-refractivity contribution in [1.82, 2.24) is 5.32 Å². The molecule has 0 saturated heterocycles. The van der Waals surface area contributed by atoms with Gasteiger partial charge in [0, 0.05) is 12.8 Å². The number of unbranched alkanes of at least 4 members (excludes halogenated alkanes) is 55. The molecule has 6 heteroatoms. The first kappa shape index (κ1) is 82.8. The molecular weight excluding hydrogens is 1040 g/mol. The maximum Gasteiger partial charge on any atom is 0.305 e. The first-order chi connectivity index (χ1) is 42.0. The monoisotopic (exact) mass is 1190 g/mol. The molecule has 2 atom stereocenters. The van der Waals surface area contributed by atoms with Gasteiger partial charge in [-0.15, -0.1) is 0 Å². The Bertz CT molecular complexity index is 1420. The van der Waals surface area contributed by atoms with Gasteiger partial charge in [0.15, 0.2) is 0 Å². The van der Waals surface area contributed by atoms with Crippen molar-refractivity contribution in [3.8, 4) is 0 Å². The maximum atomic E-state index is 12.5.